The second-order valence-electron chi connectivity index (χ2n) is 6.37. The SMILES string of the molecule is O=C1[C@H]2[C@H](C(=O)N1c1ccc3ccccc3n1)[C@H]1C=C[C@H]2C1. The summed E-state index contributed by atoms with van der Waals surface area (Å²) in [6.07, 6.45) is 5.16. The third-order valence-corrected chi connectivity index (χ3v) is 5.28. The van der Waals surface area contributed by atoms with E-state index in [1.54, 1.807) is 6.07 Å². The van der Waals surface area contributed by atoms with Gasteiger partial charge >= 0.3 is 0 Å². The fourth-order valence-electron chi connectivity index (χ4n) is 4.31. The molecule has 0 radical (unpaired) electrons. The molecule has 108 valence electrons. The van der Waals surface area contributed by atoms with Crippen molar-refractivity contribution in [2.24, 2.45) is 23.7 Å². The molecule has 1 saturated carbocycles. The number of anilines is 1. The molecule has 4 atom stereocenters. The van der Waals surface area contributed by atoms with E-state index in [1.807, 2.05) is 30.3 Å². The molecule has 0 unspecified atom stereocenters. The van der Waals surface area contributed by atoms with Gasteiger partial charge in [-0.05, 0) is 36.5 Å². The van der Waals surface area contributed by atoms with Crippen molar-refractivity contribution in [3.8, 4) is 0 Å². The van der Waals surface area contributed by atoms with Crippen LogP contribution in [0.3, 0.4) is 0 Å². The Hall–Kier alpha value is -2.49. The van der Waals surface area contributed by atoms with Crippen molar-refractivity contribution in [1.82, 2.24) is 4.98 Å². The fourth-order valence-corrected chi connectivity index (χ4v) is 4.31. The minimum Gasteiger partial charge on any atom is -0.274 e. The Bertz CT molecular complexity index is 827. The van der Waals surface area contributed by atoms with Crippen LogP contribution in [0, 0.1) is 23.7 Å². The van der Waals surface area contributed by atoms with Gasteiger partial charge in [-0.3, -0.25) is 9.59 Å². The molecule has 0 N–H and O–H groups in total. The van der Waals surface area contributed by atoms with E-state index in [0.29, 0.717) is 5.82 Å². The van der Waals surface area contributed by atoms with Gasteiger partial charge in [-0.1, -0.05) is 30.4 Å². The number of para-hydroxylation sites is 1. The Morgan fingerprint density at radius 1 is 0.909 bits per heavy atom. The maximum Gasteiger partial charge on any atom is 0.239 e. The van der Waals surface area contributed by atoms with E-state index < -0.39 is 0 Å². The molecule has 2 aliphatic carbocycles. The molecule has 22 heavy (non-hydrogen) atoms. The lowest BCUT2D eigenvalue weighted by Gasteiger charge is -2.16. The minimum absolute atomic E-state index is 0.0744. The van der Waals surface area contributed by atoms with Crippen LogP contribution >= 0.6 is 0 Å². The number of carbonyl (C=O) groups is 2. The quantitative estimate of drug-likeness (QED) is 0.599. The lowest BCUT2D eigenvalue weighted by Crippen LogP contribution is -2.33. The van der Waals surface area contributed by atoms with Gasteiger partial charge in [-0.15, -0.1) is 0 Å². The standard InChI is InChI=1S/C18H14N2O2/c21-17-15-11-5-6-12(9-11)16(15)18(22)20(17)14-8-7-10-3-1-2-4-13(10)19-14/h1-8,11-12,15-16H,9H2/t11-,12-,15+,16+/m0/s1. The first-order valence-electron chi connectivity index (χ1n) is 7.66. The van der Waals surface area contributed by atoms with Gasteiger partial charge in [-0.25, -0.2) is 9.88 Å². The molecule has 5 rings (SSSR count). The molecule has 2 fully saturated rings. The highest BCUT2D eigenvalue weighted by molar-refractivity contribution is 6.22. The van der Waals surface area contributed by atoms with Gasteiger partial charge in [0.15, 0.2) is 0 Å². The largest absolute Gasteiger partial charge is 0.274 e. The molecule has 3 aliphatic rings. The van der Waals surface area contributed by atoms with Gasteiger partial charge in [0, 0.05) is 5.39 Å². The van der Waals surface area contributed by atoms with Crippen molar-refractivity contribution in [3.63, 3.8) is 0 Å². The van der Waals surface area contributed by atoms with Gasteiger partial charge in [0.2, 0.25) is 11.8 Å². The van der Waals surface area contributed by atoms with E-state index in [-0.39, 0.29) is 35.5 Å². The van der Waals surface area contributed by atoms with Crippen LogP contribution in [0.4, 0.5) is 5.82 Å². The summed E-state index contributed by atoms with van der Waals surface area (Å²) in [6.45, 7) is 0. The second-order valence-corrected chi connectivity index (χ2v) is 6.37. The second kappa shape index (κ2) is 4.03. The molecule has 0 spiro atoms. The third kappa shape index (κ3) is 1.39. The zero-order chi connectivity index (χ0) is 14.8. The van der Waals surface area contributed by atoms with E-state index in [9.17, 15) is 9.59 Å². The molecule has 1 aromatic carbocycles. The number of hydrogen-bond acceptors (Lipinski definition) is 3. The first-order chi connectivity index (χ1) is 10.7. The molecule has 1 aromatic heterocycles. The number of rotatable bonds is 1. The Morgan fingerprint density at radius 3 is 2.32 bits per heavy atom. The van der Waals surface area contributed by atoms with Crippen molar-refractivity contribution in [3.05, 3.63) is 48.6 Å². The number of amides is 2. The smallest absolute Gasteiger partial charge is 0.239 e. The summed E-state index contributed by atoms with van der Waals surface area (Å²) < 4.78 is 0. The Kier molecular flexibility index (Phi) is 2.22. The lowest BCUT2D eigenvalue weighted by atomic mass is 9.85. The van der Waals surface area contributed by atoms with Gasteiger partial charge in [-0.2, -0.15) is 0 Å². The Balaban J connectivity index is 1.60. The number of pyridine rings is 1. The van der Waals surface area contributed by atoms with Crippen molar-refractivity contribution in [2.75, 3.05) is 4.90 Å². The zero-order valence-electron chi connectivity index (χ0n) is 11.8. The van der Waals surface area contributed by atoms with E-state index >= 15 is 0 Å². The predicted octanol–water partition coefficient (Wildman–Crippen LogP) is 2.55. The van der Waals surface area contributed by atoms with Crippen LogP contribution in [0.5, 0.6) is 0 Å². The van der Waals surface area contributed by atoms with Crippen LogP contribution in [0.25, 0.3) is 10.9 Å². The van der Waals surface area contributed by atoms with Crippen molar-refractivity contribution >= 4 is 28.5 Å². The third-order valence-electron chi connectivity index (χ3n) is 5.28. The molecular formula is C18H14N2O2. The maximum atomic E-state index is 12.8. The van der Waals surface area contributed by atoms with Crippen molar-refractivity contribution < 1.29 is 9.59 Å². The molecule has 4 heteroatoms. The monoisotopic (exact) mass is 290 g/mol. The summed E-state index contributed by atoms with van der Waals surface area (Å²) in [6, 6.07) is 11.4. The molecule has 2 aromatic rings. The molecule has 1 aliphatic heterocycles. The van der Waals surface area contributed by atoms with Crippen molar-refractivity contribution in [2.45, 2.75) is 6.42 Å². The van der Waals surface area contributed by atoms with Crippen molar-refractivity contribution in [1.29, 1.82) is 0 Å². The summed E-state index contributed by atoms with van der Waals surface area (Å²) in [4.78, 5) is 31.3. The summed E-state index contributed by atoms with van der Waals surface area (Å²) in [5.41, 5.74) is 0.804. The van der Waals surface area contributed by atoms with Crippen LogP contribution < -0.4 is 4.90 Å². The average molecular weight is 290 g/mol. The fraction of sp³-hybridized carbons (Fsp3) is 0.278. The number of benzene rings is 1. The highest BCUT2D eigenvalue weighted by Gasteiger charge is 2.59. The summed E-state index contributed by atoms with van der Waals surface area (Å²) in [7, 11) is 0. The lowest BCUT2D eigenvalue weighted by molar-refractivity contribution is -0.123. The van der Waals surface area contributed by atoms with E-state index in [1.165, 1.54) is 4.90 Å². The van der Waals surface area contributed by atoms with Gasteiger partial charge in [0.25, 0.3) is 0 Å². The summed E-state index contributed by atoms with van der Waals surface area (Å²) >= 11 is 0. The van der Waals surface area contributed by atoms with Crippen LogP contribution in [0.15, 0.2) is 48.6 Å². The number of hydrogen-bond donors (Lipinski definition) is 0. The van der Waals surface area contributed by atoms with Gasteiger partial charge in [0.05, 0.1) is 17.4 Å². The zero-order valence-corrected chi connectivity index (χ0v) is 11.8. The van der Waals surface area contributed by atoms with Crippen LogP contribution in [-0.4, -0.2) is 16.8 Å². The van der Waals surface area contributed by atoms with E-state index in [4.69, 9.17) is 0 Å². The van der Waals surface area contributed by atoms with Crippen LogP contribution in [0.1, 0.15) is 6.42 Å². The van der Waals surface area contributed by atoms with Gasteiger partial charge in [0.1, 0.15) is 5.82 Å². The first-order valence-corrected chi connectivity index (χ1v) is 7.66. The normalized spacial score (nSPS) is 32.3. The van der Waals surface area contributed by atoms with Crippen LogP contribution in [-0.2, 0) is 9.59 Å². The highest BCUT2D eigenvalue weighted by Crippen LogP contribution is 2.53. The molecule has 1 saturated heterocycles. The van der Waals surface area contributed by atoms with E-state index in [2.05, 4.69) is 17.1 Å². The number of allylic oxidation sites excluding steroid dienone is 2. The predicted molar refractivity (Wildman–Crippen MR) is 82.0 cm³/mol. The molecular weight excluding hydrogens is 276 g/mol. The van der Waals surface area contributed by atoms with E-state index in [0.717, 1.165) is 17.3 Å². The molecule has 4 nitrogen and oxygen atoms in total. The first kappa shape index (κ1) is 12.1. The summed E-state index contributed by atoms with van der Waals surface area (Å²) in [5, 5.41) is 1.01. The Morgan fingerprint density at radius 2 is 1.59 bits per heavy atom. The number of imide groups is 1. The maximum absolute atomic E-state index is 12.8. The van der Waals surface area contributed by atoms with Gasteiger partial charge < -0.3 is 0 Å². The topological polar surface area (TPSA) is 50.3 Å². The number of fused-ring (bicyclic) bond motifs is 6. The minimum atomic E-state index is -0.171. The number of nitrogens with zero attached hydrogens (tertiary/aromatic N) is 2. The Labute approximate surface area is 127 Å². The van der Waals surface area contributed by atoms with Crippen LogP contribution in [0.2, 0.25) is 0 Å². The summed E-state index contributed by atoms with van der Waals surface area (Å²) in [5.74, 6) is 0.437. The number of aromatic nitrogens is 1. The molecule has 2 bridgehead atoms. The number of carbonyl (C=O) groups excluding carboxylic acids is 2. The highest BCUT2D eigenvalue weighted by atomic mass is 16.2. The molecule has 2 amide bonds. The average Bonchev–Trinajstić information content (AvgIpc) is 3.21. The molecule has 2 heterocycles.